The van der Waals surface area contributed by atoms with Crippen molar-refractivity contribution >= 4 is 0 Å². The van der Waals surface area contributed by atoms with E-state index >= 15 is 0 Å². The van der Waals surface area contributed by atoms with Gasteiger partial charge < -0.3 is 5.32 Å². The number of aryl methyl sites for hydroxylation is 1. The molecule has 0 fully saturated rings. The predicted octanol–water partition coefficient (Wildman–Crippen LogP) is 4.39. The number of nitrogens with one attached hydrogen (secondary N) is 1. The molecule has 1 atom stereocenters. The Morgan fingerprint density at radius 3 is 2.24 bits per heavy atom. The summed E-state index contributed by atoms with van der Waals surface area (Å²) in [5.41, 5.74) is 5.26. The first-order valence-electron chi connectivity index (χ1n) is 7.67. The lowest BCUT2D eigenvalue weighted by Crippen LogP contribution is -2.22. The maximum absolute atomic E-state index is 4.33. The standard InChI is InChI=1S/C19H26N2/c1-6-21-18(16-11-14(2)12-20-13-16)15-7-9-17(10-8-15)19(3,4)5/h7-13,18,21H,6H2,1-5H3. The Bertz CT molecular complexity index is 579. The summed E-state index contributed by atoms with van der Waals surface area (Å²) >= 11 is 0. The van der Waals surface area contributed by atoms with E-state index in [1.165, 1.54) is 22.3 Å². The molecule has 0 radical (unpaired) electrons. The minimum atomic E-state index is 0.192. The van der Waals surface area contributed by atoms with Crippen LogP contribution in [-0.2, 0) is 5.41 Å². The average molecular weight is 282 g/mol. The van der Waals surface area contributed by atoms with E-state index in [2.05, 4.69) is 75.3 Å². The Kier molecular flexibility index (Phi) is 4.79. The van der Waals surface area contributed by atoms with E-state index in [4.69, 9.17) is 0 Å². The van der Waals surface area contributed by atoms with Crippen molar-refractivity contribution in [2.24, 2.45) is 0 Å². The minimum absolute atomic E-state index is 0.192. The van der Waals surface area contributed by atoms with Crippen LogP contribution in [0, 0.1) is 6.92 Å². The lowest BCUT2D eigenvalue weighted by molar-refractivity contribution is 0.587. The van der Waals surface area contributed by atoms with Crippen LogP contribution < -0.4 is 5.32 Å². The van der Waals surface area contributed by atoms with Gasteiger partial charge in [-0.3, -0.25) is 4.98 Å². The molecule has 0 aliphatic heterocycles. The van der Waals surface area contributed by atoms with Crippen molar-refractivity contribution < 1.29 is 0 Å². The van der Waals surface area contributed by atoms with Crippen molar-refractivity contribution in [1.82, 2.24) is 10.3 Å². The van der Waals surface area contributed by atoms with Crippen molar-refractivity contribution in [3.8, 4) is 0 Å². The molecule has 0 spiro atoms. The molecule has 0 bridgehead atoms. The first-order valence-corrected chi connectivity index (χ1v) is 7.67. The monoisotopic (exact) mass is 282 g/mol. The number of hydrogen-bond donors (Lipinski definition) is 1. The van der Waals surface area contributed by atoms with Gasteiger partial charge in [0.25, 0.3) is 0 Å². The second-order valence-corrected chi connectivity index (χ2v) is 6.66. The topological polar surface area (TPSA) is 24.9 Å². The zero-order valence-electron chi connectivity index (χ0n) is 13.8. The van der Waals surface area contributed by atoms with E-state index in [1.54, 1.807) is 0 Å². The number of pyridine rings is 1. The summed E-state index contributed by atoms with van der Waals surface area (Å²) in [6.45, 7) is 11.9. The zero-order chi connectivity index (χ0) is 15.5. The molecule has 2 heteroatoms. The summed E-state index contributed by atoms with van der Waals surface area (Å²) in [5, 5.41) is 3.56. The summed E-state index contributed by atoms with van der Waals surface area (Å²) in [6, 6.07) is 11.4. The highest BCUT2D eigenvalue weighted by Gasteiger charge is 2.16. The molecule has 2 nitrogen and oxygen atoms in total. The number of aromatic nitrogens is 1. The maximum Gasteiger partial charge on any atom is 0.0591 e. The van der Waals surface area contributed by atoms with Crippen LogP contribution in [0.1, 0.15) is 56.0 Å². The highest BCUT2D eigenvalue weighted by molar-refractivity contribution is 5.35. The van der Waals surface area contributed by atoms with E-state index in [0.29, 0.717) is 0 Å². The van der Waals surface area contributed by atoms with Gasteiger partial charge in [-0.25, -0.2) is 0 Å². The van der Waals surface area contributed by atoms with Crippen LogP contribution in [0.15, 0.2) is 42.7 Å². The highest BCUT2D eigenvalue weighted by atomic mass is 14.9. The smallest absolute Gasteiger partial charge is 0.0591 e. The second kappa shape index (κ2) is 6.40. The molecule has 0 amide bonds. The third kappa shape index (κ3) is 3.92. The summed E-state index contributed by atoms with van der Waals surface area (Å²) in [6.07, 6.45) is 3.85. The lowest BCUT2D eigenvalue weighted by Gasteiger charge is -2.22. The van der Waals surface area contributed by atoms with E-state index in [9.17, 15) is 0 Å². The minimum Gasteiger partial charge on any atom is -0.306 e. The first kappa shape index (κ1) is 15.7. The Hall–Kier alpha value is -1.67. The largest absolute Gasteiger partial charge is 0.306 e. The van der Waals surface area contributed by atoms with Crippen molar-refractivity contribution in [2.45, 2.75) is 46.1 Å². The molecule has 1 unspecified atom stereocenters. The van der Waals surface area contributed by atoms with Gasteiger partial charge in [0.1, 0.15) is 0 Å². The van der Waals surface area contributed by atoms with Crippen molar-refractivity contribution in [3.63, 3.8) is 0 Å². The molecule has 0 aliphatic carbocycles. The highest BCUT2D eigenvalue weighted by Crippen LogP contribution is 2.26. The quantitative estimate of drug-likeness (QED) is 0.899. The third-order valence-corrected chi connectivity index (χ3v) is 3.75. The van der Waals surface area contributed by atoms with E-state index in [0.717, 1.165) is 6.54 Å². The summed E-state index contributed by atoms with van der Waals surface area (Å²) < 4.78 is 0. The molecular weight excluding hydrogens is 256 g/mol. The molecule has 0 saturated carbocycles. The van der Waals surface area contributed by atoms with Gasteiger partial charge in [0.05, 0.1) is 6.04 Å². The number of benzene rings is 1. The fraction of sp³-hybridized carbons (Fsp3) is 0.421. The first-order chi connectivity index (χ1) is 9.91. The maximum atomic E-state index is 4.33. The van der Waals surface area contributed by atoms with E-state index in [1.807, 2.05) is 12.4 Å². The zero-order valence-corrected chi connectivity index (χ0v) is 13.8. The van der Waals surface area contributed by atoms with Crippen LogP contribution >= 0.6 is 0 Å². The SMILES string of the molecule is CCNC(c1ccc(C(C)(C)C)cc1)c1cncc(C)c1. The molecule has 1 aromatic heterocycles. The van der Waals surface area contributed by atoms with Crippen molar-refractivity contribution in [3.05, 3.63) is 65.0 Å². The van der Waals surface area contributed by atoms with Gasteiger partial charge in [0.2, 0.25) is 0 Å². The van der Waals surface area contributed by atoms with Gasteiger partial charge in [-0.05, 0) is 41.1 Å². The molecule has 1 aromatic carbocycles. The molecule has 1 heterocycles. The van der Waals surface area contributed by atoms with Crippen LogP contribution in [0.4, 0.5) is 0 Å². The molecule has 0 aliphatic rings. The second-order valence-electron chi connectivity index (χ2n) is 6.66. The number of nitrogens with zero attached hydrogens (tertiary/aromatic N) is 1. The average Bonchev–Trinajstić information content (AvgIpc) is 2.44. The van der Waals surface area contributed by atoms with Crippen LogP contribution in [0.25, 0.3) is 0 Å². The molecule has 21 heavy (non-hydrogen) atoms. The number of hydrogen-bond acceptors (Lipinski definition) is 2. The molecule has 2 aromatic rings. The molecular formula is C19H26N2. The number of rotatable bonds is 4. The lowest BCUT2D eigenvalue weighted by atomic mass is 9.86. The summed E-state index contributed by atoms with van der Waals surface area (Å²) in [4.78, 5) is 4.33. The molecule has 1 N–H and O–H groups in total. The van der Waals surface area contributed by atoms with Gasteiger partial charge >= 0.3 is 0 Å². The molecule has 2 rings (SSSR count). The van der Waals surface area contributed by atoms with Gasteiger partial charge in [0.15, 0.2) is 0 Å². The summed E-state index contributed by atoms with van der Waals surface area (Å²) in [5.74, 6) is 0. The summed E-state index contributed by atoms with van der Waals surface area (Å²) in [7, 11) is 0. The Labute approximate surface area is 128 Å². The Morgan fingerprint density at radius 1 is 1.05 bits per heavy atom. The normalized spacial score (nSPS) is 13.2. The fourth-order valence-electron chi connectivity index (χ4n) is 2.54. The van der Waals surface area contributed by atoms with Crippen LogP contribution in [0.3, 0.4) is 0 Å². The van der Waals surface area contributed by atoms with Gasteiger partial charge in [0, 0.05) is 12.4 Å². The van der Waals surface area contributed by atoms with Gasteiger partial charge in [-0.15, -0.1) is 0 Å². The van der Waals surface area contributed by atoms with Crippen LogP contribution in [0.5, 0.6) is 0 Å². The Balaban J connectivity index is 2.34. The van der Waals surface area contributed by atoms with E-state index in [-0.39, 0.29) is 11.5 Å². The van der Waals surface area contributed by atoms with Gasteiger partial charge in [-0.2, -0.15) is 0 Å². The molecule has 112 valence electrons. The van der Waals surface area contributed by atoms with Gasteiger partial charge in [-0.1, -0.05) is 58.0 Å². The van der Waals surface area contributed by atoms with E-state index < -0.39 is 0 Å². The molecule has 0 saturated heterocycles. The Morgan fingerprint density at radius 2 is 1.71 bits per heavy atom. The fourth-order valence-corrected chi connectivity index (χ4v) is 2.54. The predicted molar refractivity (Wildman–Crippen MR) is 89.6 cm³/mol. The van der Waals surface area contributed by atoms with Crippen molar-refractivity contribution in [1.29, 1.82) is 0 Å². The third-order valence-electron chi connectivity index (χ3n) is 3.75. The van der Waals surface area contributed by atoms with Crippen LogP contribution in [-0.4, -0.2) is 11.5 Å². The van der Waals surface area contributed by atoms with Crippen LogP contribution in [0.2, 0.25) is 0 Å². The van der Waals surface area contributed by atoms with Crippen molar-refractivity contribution in [2.75, 3.05) is 6.54 Å².